The highest BCUT2D eigenvalue weighted by Gasteiger charge is 1.92. The van der Waals surface area contributed by atoms with E-state index in [2.05, 4.69) is 43.8 Å². The van der Waals surface area contributed by atoms with Crippen LogP contribution in [0.3, 0.4) is 0 Å². The Bertz CT molecular complexity index is 320. The van der Waals surface area contributed by atoms with E-state index >= 15 is 0 Å². The van der Waals surface area contributed by atoms with Crippen molar-refractivity contribution in [1.29, 1.82) is 5.26 Å². The van der Waals surface area contributed by atoms with Gasteiger partial charge in [0.1, 0.15) is 0 Å². The average molecular weight is 339 g/mol. The van der Waals surface area contributed by atoms with E-state index in [1.807, 2.05) is 0 Å². The maximum absolute atomic E-state index is 10.1. The van der Waals surface area contributed by atoms with Crippen LogP contribution >= 0.6 is 0 Å². The molecule has 0 radical (unpaired) electrons. The lowest BCUT2D eigenvalue weighted by Crippen LogP contribution is -2.12. The molecule has 0 amide bonds. The highest BCUT2D eigenvalue weighted by atomic mass is 16.5. The van der Waals surface area contributed by atoms with Crippen LogP contribution in [0.15, 0.2) is 25.3 Å². The molecule has 0 saturated carbocycles. The molecule has 24 heavy (non-hydrogen) atoms. The van der Waals surface area contributed by atoms with Gasteiger partial charge in [-0.05, 0) is 34.0 Å². The number of carbonyl (C=O) groups is 1. The number of ether oxygens (including phenoxy) is 1. The number of hydrogen-bond donors (Lipinski definition) is 0. The largest absolute Gasteiger partial charge is 0.463 e. The average Bonchev–Trinajstić information content (AvgIpc) is 2.58. The predicted molar refractivity (Wildman–Crippen MR) is 104 cm³/mol. The van der Waals surface area contributed by atoms with E-state index in [0.717, 1.165) is 6.08 Å². The van der Waals surface area contributed by atoms with Crippen molar-refractivity contribution in [3.63, 3.8) is 0 Å². The van der Waals surface area contributed by atoms with Gasteiger partial charge in [-0.15, -0.1) is 0 Å². The molecule has 4 nitrogen and oxygen atoms in total. The first-order valence-corrected chi connectivity index (χ1v) is 8.94. The highest BCUT2D eigenvalue weighted by molar-refractivity contribution is 5.81. The third-order valence-electron chi connectivity index (χ3n) is 3.00. The van der Waals surface area contributed by atoms with Gasteiger partial charge in [-0.2, -0.15) is 5.26 Å². The normalized spacial score (nSPS) is 8.83. The Balaban J connectivity index is -0.000000335. The molecule has 0 bridgehead atoms. The van der Waals surface area contributed by atoms with Crippen LogP contribution in [-0.4, -0.2) is 38.1 Å². The van der Waals surface area contributed by atoms with Gasteiger partial charge in [0.25, 0.3) is 0 Å². The number of nitriles is 1. The van der Waals surface area contributed by atoms with Crippen LogP contribution in [0.2, 0.25) is 0 Å². The fourth-order valence-electron chi connectivity index (χ4n) is 1.76. The first-order valence-electron chi connectivity index (χ1n) is 8.94. The monoisotopic (exact) mass is 338 g/mol. The summed E-state index contributed by atoms with van der Waals surface area (Å²) in [4.78, 5) is 12.3. The van der Waals surface area contributed by atoms with Gasteiger partial charge in [0, 0.05) is 12.2 Å². The predicted octanol–water partition coefficient (Wildman–Crippen LogP) is 5.12. The van der Waals surface area contributed by atoms with Gasteiger partial charge >= 0.3 is 5.97 Å². The first-order chi connectivity index (χ1) is 11.5. The van der Waals surface area contributed by atoms with Crippen molar-refractivity contribution in [3.8, 4) is 6.07 Å². The van der Waals surface area contributed by atoms with Crippen LogP contribution in [0, 0.1) is 11.3 Å². The van der Waals surface area contributed by atoms with Gasteiger partial charge in [-0.25, -0.2) is 4.79 Å². The van der Waals surface area contributed by atoms with Crippen molar-refractivity contribution in [1.82, 2.24) is 4.90 Å². The van der Waals surface area contributed by atoms with E-state index in [0.29, 0.717) is 6.61 Å². The van der Waals surface area contributed by atoms with Gasteiger partial charge in [-0.3, -0.25) is 0 Å². The summed E-state index contributed by atoms with van der Waals surface area (Å²) in [6.07, 6.45) is 13.7. The Morgan fingerprint density at radius 2 is 1.50 bits per heavy atom. The van der Waals surface area contributed by atoms with E-state index < -0.39 is 0 Å². The smallest absolute Gasteiger partial charge is 0.330 e. The van der Waals surface area contributed by atoms with E-state index in [1.165, 1.54) is 64.0 Å². The summed E-state index contributed by atoms with van der Waals surface area (Å²) in [5.74, 6) is -0.359. The minimum absolute atomic E-state index is 0.359. The number of esters is 1. The summed E-state index contributed by atoms with van der Waals surface area (Å²) in [6.45, 7) is 12.0. The first kappa shape index (κ1) is 27.3. The van der Waals surface area contributed by atoms with Gasteiger partial charge in [0.15, 0.2) is 0 Å². The molecular weight excluding hydrogens is 300 g/mol. The van der Waals surface area contributed by atoms with E-state index in [4.69, 9.17) is 5.26 Å². The quantitative estimate of drug-likeness (QED) is 0.227. The van der Waals surface area contributed by atoms with Crippen LogP contribution in [0.1, 0.15) is 65.2 Å². The number of unbranched alkanes of at least 4 members (excludes halogenated alkanes) is 7. The molecule has 0 rings (SSSR count). The van der Waals surface area contributed by atoms with Crippen molar-refractivity contribution in [2.45, 2.75) is 65.2 Å². The van der Waals surface area contributed by atoms with Crippen LogP contribution < -0.4 is 0 Å². The molecule has 0 aromatic rings. The Labute approximate surface area is 150 Å². The molecule has 0 aliphatic rings. The zero-order chi connectivity index (χ0) is 19.1. The number of nitrogens with zero attached hydrogens (tertiary/aromatic N) is 2. The fraction of sp³-hybridized carbons (Fsp3) is 0.700. The molecule has 0 N–H and O–H groups in total. The van der Waals surface area contributed by atoms with E-state index in [9.17, 15) is 4.79 Å². The number of rotatable bonds is 11. The Morgan fingerprint density at radius 1 is 1.04 bits per heavy atom. The lowest BCUT2D eigenvalue weighted by molar-refractivity contribution is -0.137. The second-order valence-electron chi connectivity index (χ2n) is 5.57. The third-order valence-corrected chi connectivity index (χ3v) is 3.00. The molecular formula is C20H38N2O2. The molecule has 0 atom stereocenters. The van der Waals surface area contributed by atoms with Crippen LogP contribution in [0.4, 0.5) is 0 Å². The van der Waals surface area contributed by atoms with Crippen molar-refractivity contribution >= 4 is 5.97 Å². The SMILES string of the molecule is C=CC#N.C=CC(=O)OCC.CCCCCCCCCCN(C)C. The molecule has 0 aliphatic carbocycles. The molecule has 0 heterocycles. The maximum Gasteiger partial charge on any atom is 0.330 e. The van der Waals surface area contributed by atoms with Crippen molar-refractivity contribution in [3.05, 3.63) is 25.3 Å². The number of hydrogen-bond acceptors (Lipinski definition) is 4. The molecule has 0 aromatic heterocycles. The Kier molecular flexibility index (Phi) is 29.9. The molecule has 140 valence electrons. The van der Waals surface area contributed by atoms with Gasteiger partial charge in [0.2, 0.25) is 0 Å². The molecule has 4 heteroatoms. The number of allylic oxidation sites excluding steroid dienone is 1. The zero-order valence-corrected chi connectivity index (χ0v) is 16.4. The van der Waals surface area contributed by atoms with Crippen molar-refractivity contribution < 1.29 is 9.53 Å². The molecule has 0 unspecified atom stereocenters. The Morgan fingerprint density at radius 3 is 1.79 bits per heavy atom. The molecule has 0 aromatic carbocycles. The van der Waals surface area contributed by atoms with Crippen LogP contribution in [0.5, 0.6) is 0 Å². The van der Waals surface area contributed by atoms with Crippen LogP contribution in [0.25, 0.3) is 0 Å². The second-order valence-corrected chi connectivity index (χ2v) is 5.57. The molecule has 0 spiro atoms. The maximum atomic E-state index is 10.1. The summed E-state index contributed by atoms with van der Waals surface area (Å²) in [5.41, 5.74) is 0. The molecule has 0 saturated heterocycles. The second kappa shape index (κ2) is 26.3. The standard InChI is InChI=1S/C12H27N.C5H8O2.C3H3N/c1-4-5-6-7-8-9-10-11-12-13(2)3;1-3-5(6)7-4-2;1-2-3-4/h4-12H2,1-3H3;3H,1,4H2,2H3;2H,1H2. The van der Waals surface area contributed by atoms with Crippen LogP contribution in [-0.2, 0) is 9.53 Å². The molecule has 0 aliphatic heterocycles. The van der Waals surface area contributed by atoms with Gasteiger partial charge < -0.3 is 9.64 Å². The summed E-state index contributed by atoms with van der Waals surface area (Å²) < 4.78 is 4.43. The summed E-state index contributed by atoms with van der Waals surface area (Å²) in [6, 6.07) is 1.69. The van der Waals surface area contributed by atoms with E-state index in [-0.39, 0.29) is 5.97 Å². The minimum atomic E-state index is -0.359. The van der Waals surface area contributed by atoms with E-state index in [1.54, 1.807) is 13.0 Å². The molecule has 0 fully saturated rings. The Hall–Kier alpha value is -1.60. The van der Waals surface area contributed by atoms with Crippen molar-refractivity contribution in [2.75, 3.05) is 27.2 Å². The summed E-state index contributed by atoms with van der Waals surface area (Å²) in [5, 5.41) is 7.51. The summed E-state index contributed by atoms with van der Waals surface area (Å²) >= 11 is 0. The summed E-state index contributed by atoms with van der Waals surface area (Å²) in [7, 11) is 4.31. The highest BCUT2D eigenvalue weighted by Crippen LogP contribution is 2.08. The topological polar surface area (TPSA) is 53.3 Å². The van der Waals surface area contributed by atoms with Gasteiger partial charge in [0.05, 0.1) is 12.7 Å². The number of carbonyl (C=O) groups excluding carboxylic acids is 1. The minimum Gasteiger partial charge on any atom is -0.463 e. The van der Waals surface area contributed by atoms with Crippen molar-refractivity contribution in [2.24, 2.45) is 0 Å². The zero-order valence-electron chi connectivity index (χ0n) is 16.4. The lowest BCUT2D eigenvalue weighted by Gasteiger charge is -2.08. The third kappa shape index (κ3) is 37.0. The van der Waals surface area contributed by atoms with Gasteiger partial charge in [-0.1, -0.05) is 65.0 Å². The lowest BCUT2D eigenvalue weighted by atomic mass is 10.1. The fourth-order valence-corrected chi connectivity index (χ4v) is 1.76.